The maximum absolute atomic E-state index is 6.05. The van der Waals surface area contributed by atoms with Gasteiger partial charge in [-0.15, -0.1) is 0 Å². The van der Waals surface area contributed by atoms with E-state index in [2.05, 4.69) is 22.8 Å². The van der Waals surface area contributed by atoms with Crippen LogP contribution in [0.3, 0.4) is 0 Å². The van der Waals surface area contributed by atoms with Crippen molar-refractivity contribution in [1.82, 2.24) is 15.3 Å². The van der Waals surface area contributed by atoms with Crippen molar-refractivity contribution in [3.05, 3.63) is 54.1 Å². The third-order valence-corrected chi connectivity index (χ3v) is 5.70. The number of benzene rings is 2. The van der Waals surface area contributed by atoms with Crippen LogP contribution in [0.2, 0.25) is 0 Å². The fraction of sp³-hybridized carbons (Fsp3) is 0.391. The molecular weight excluding hydrogens is 360 g/mol. The molecule has 0 atom stereocenters. The molecule has 0 saturated heterocycles. The first-order chi connectivity index (χ1) is 14.1. The second-order valence-electron chi connectivity index (χ2n) is 8.05. The van der Waals surface area contributed by atoms with Gasteiger partial charge in [-0.3, -0.25) is 0 Å². The number of nitrogens with one attached hydrogen (secondary N) is 2. The Morgan fingerprint density at radius 2 is 1.62 bits per heavy atom. The molecular formula is C23H30N6. The van der Waals surface area contributed by atoms with E-state index in [-0.39, 0.29) is 0 Å². The molecule has 0 amide bonds. The van der Waals surface area contributed by atoms with Crippen LogP contribution in [-0.2, 0) is 6.54 Å². The van der Waals surface area contributed by atoms with Crippen molar-refractivity contribution < 1.29 is 0 Å². The summed E-state index contributed by atoms with van der Waals surface area (Å²) in [6.45, 7) is 0.829. The number of fused-ring (bicyclic) bond motifs is 1. The van der Waals surface area contributed by atoms with Gasteiger partial charge < -0.3 is 21.3 Å². The van der Waals surface area contributed by atoms with Gasteiger partial charge in [0.25, 0.3) is 0 Å². The van der Waals surface area contributed by atoms with Gasteiger partial charge in [-0.25, -0.2) is 4.98 Å². The predicted octanol–water partition coefficient (Wildman–Crippen LogP) is 3.79. The van der Waals surface area contributed by atoms with Gasteiger partial charge in [0.05, 0.1) is 5.52 Å². The van der Waals surface area contributed by atoms with E-state index in [9.17, 15) is 0 Å². The van der Waals surface area contributed by atoms with E-state index >= 15 is 0 Å². The van der Waals surface area contributed by atoms with Crippen molar-refractivity contribution in [3.8, 4) is 0 Å². The average Bonchev–Trinajstić information content (AvgIpc) is 2.73. The first-order valence-corrected chi connectivity index (χ1v) is 10.4. The number of nitrogen functional groups attached to an aromatic ring is 1. The molecule has 1 aromatic heterocycles. The average molecular weight is 391 g/mol. The van der Waals surface area contributed by atoms with E-state index in [4.69, 9.17) is 15.7 Å². The van der Waals surface area contributed by atoms with Crippen LogP contribution in [0.5, 0.6) is 0 Å². The van der Waals surface area contributed by atoms with Gasteiger partial charge in [-0.2, -0.15) is 4.98 Å². The lowest BCUT2D eigenvalue weighted by Gasteiger charge is -2.30. The van der Waals surface area contributed by atoms with Crippen LogP contribution in [-0.4, -0.2) is 36.1 Å². The molecule has 1 aliphatic rings. The Balaban J connectivity index is 1.35. The number of nitrogens with two attached hydrogens (primary N) is 1. The van der Waals surface area contributed by atoms with Gasteiger partial charge in [0.1, 0.15) is 5.82 Å². The zero-order valence-electron chi connectivity index (χ0n) is 17.2. The van der Waals surface area contributed by atoms with Crippen LogP contribution < -0.4 is 21.3 Å². The van der Waals surface area contributed by atoms with Gasteiger partial charge >= 0.3 is 0 Å². The van der Waals surface area contributed by atoms with Gasteiger partial charge in [0.15, 0.2) is 0 Å². The molecule has 0 aliphatic heterocycles. The summed E-state index contributed by atoms with van der Waals surface area (Å²) in [7, 11) is 4.05. The Hall–Kier alpha value is -2.86. The van der Waals surface area contributed by atoms with E-state index in [0.29, 0.717) is 12.1 Å². The summed E-state index contributed by atoms with van der Waals surface area (Å²) < 4.78 is 0. The predicted molar refractivity (Wildman–Crippen MR) is 121 cm³/mol. The number of anilines is 3. The summed E-state index contributed by atoms with van der Waals surface area (Å²) >= 11 is 0. The van der Waals surface area contributed by atoms with E-state index in [1.54, 1.807) is 0 Å². The van der Waals surface area contributed by atoms with Crippen molar-refractivity contribution in [3.63, 3.8) is 0 Å². The largest absolute Gasteiger partial charge is 0.398 e. The van der Waals surface area contributed by atoms with Crippen molar-refractivity contribution >= 4 is 28.4 Å². The highest BCUT2D eigenvalue weighted by atomic mass is 15.2. The third-order valence-electron chi connectivity index (χ3n) is 5.70. The summed E-state index contributed by atoms with van der Waals surface area (Å²) in [5, 5.41) is 8.32. The van der Waals surface area contributed by atoms with Gasteiger partial charge in [-0.1, -0.05) is 30.3 Å². The maximum atomic E-state index is 6.05. The van der Waals surface area contributed by atoms with E-state index < -0.39 is 0 Å². The van der Waals surface area contributed by atoms with Crippen molar-refractivity contribution in [1.29, 1.82) is 0 Å². The van der Waals surface area contributed by atoms with E-state index in [0.717, 1.165) is 60.6 Å². The number of hydrogen-bond donors (Lipinski definition) is 3. The Kier molecular flexibility index (Phi) is 5.81. The molecule has 1 saturated carbocycles. The number of nitrogens with zero attached hydrogens (tertiary/aromatic N) is 3. The summed E-state index contributed by atoms with van der Waals surface area (Å²) in [6.07, 6.45) is 4.49. The normalized spacial score (nSPS) is 19.2. The fourth-order valence-corrected chi connectivity index (χ4v) is 4.04. The standard InChI is InChI=1S/C23H30N6/c1-29(2)22-19-8-4-6-10-21(19)27-23(28-22)26-18-13-11-17(12-14-18)25-15-16-7-3-5-9-20(16)24/h3-10,17-18,25H,11-15,24H2,1-2H3,(H,26,27,28)/t17-,18+. The van der Waals surface area contributed by atoms with Gasteiger partial charge in [-0.05, 0) is 49.4 Å². The second-order valence-corrected chi connectivity index (χ2v) is 8.05. The molecule has 2 aromatic carbocycles. The minimum atomic E-state index is 0.408. The molecule has 1 fully saturated rings. The number of hydrogen-bond acceptors (Lipinski definition) is 6. The van der Waals surface area contributed by atoms with Crippen LogP contribution in [0, 0.1) is 0 Å². The fourth-order valence-electron chi connectivity index (χ4n) is 4.04. The smallest absolute Gasteiger partial charge is 0.225 e. The lowest BCUT2D eigenvalue weighted by atomic mass is 9.91. The van der Waals surface area contributed by atoms with E-state index in [1.165, 1.54) is 5.56 Å². The Bertz CT molecular complexity index is 962. The molecule has 0 bridgehead atoms. The van der Waals surface area contributed by atoms with E-state index in [1.807, 2.05) is 55.4 Å². The molecule has 29 heavy (non-hydrogen) atoms. The summed E-state index contributed by atoms with van der Waals surface area (Å²) in [4.78, 5) is 11.6. The molecule has 1 heterocycles. The molecule has 0 spiro atoms. The molecule has 4 rings (SSSR count). The highest BCUT2D eigenvalue weighted by molar-refractivity contribution is 5.90. The zero-order chi connectivity index (χ0) is 20.2. The van der Waals surface area contributed by atoms with Crippen LogP contribution in [0.15, 0.2) is 48.5 Å². The Morgan fingerprint density at radius 3 is 2.38 bits per heavy atom. The number of para-hydroxylation sites is 2. The van der Waals surface area contributed by atoms with Crippen molar-refractivity contribution in [2.75, 3.05) is 30.0 Å². The quantitative estimate of drug-likeness (QED) is 0.556. The molecule has 6 heteroatoms. The highest BCUT2D eigenvalue weighted by Gasteiger charge is 2.22. The topological polar surface area (TPSA) is 79.1 Å². The monoisotopic (exact) mass is 390 g/mol. The van der Waals surface area contributed by atoms with Gasteiger partial charge in [0.2, 0.25) is 5.95 Å². The minimum absolute atomic E-state index is 0.408. The Labute approximate surface area is 172 Å². The first-order valence-electron chi connectivity index (χ1n) is 10.4. The van der Waals surface area contributed by atoms with Gasteiger partial charge in [0, 0.05) is 43.8 Å². The van der Waals surface area contributed by atoms with Crippen LogP contribution in [0.1, 0.15) is 31.2 Å². The molecule has 0 unspecified atom stereocenters. The number of aromatic nitrogens is 2. The Morgan fingerprint density at radius 1 is 0.931 bits per heavy atom. The van der Waals surface area contributed by atoms with Crippen LogP contribution >= 0.6 is 0 Å². The minimum Gasteiger partial charge on any atom is -0.398 e. The maximum Gasteiger partial charge on any atom is 0.225 e. The second kappa shape index (κ2) is 8.66. The van der Waals surface area contributed by atoms with Crippen molar-refractivity contribution in [2.24, 2.45) is 0 Å². The molecule has 4 N–H and O–H groups in total. The summed E-state index contributed by atoms with van der Waals surface area (Å²) in [6, 6.07) is 17.2. The highest BCUT2D eigenvalue weighted by Crippen LogP contribution is 2.26. The molecule has 152 valence electrons. The SMILES string of the molecule is CN(C)c1nc(N[C@H]2CC[C@@H](NCc3ccccc3N)CC2)nc2ccccc12. The molecule has 0 radical (unpaired) electrons. The summed E-state index contributed by atoms with van der Waals surface area (Å²) in [5.41, 5.74) is 9.06. The van der Waals surface area contributed by atoms with Crippen molar-refractivity contribution in [2.45, 2.75) is 44.3 Å². The lowest BCUT2D eigenvalue weighted by Crippen LogP contribution is -2.37. The molecule has 6 nitrogen and oxygen atoms in total. The number of rotatable bonds is 6. The van der Waals surface area contributed by atoms with Crippen LogP contribution in [0.4, 0.5) is 17.5 Å². The third kappa shape index (κ3) is 4.59. The zero-order valence-corrected chi connectivity index (χ0v) is 17.2. The molecule has 3 aromatic rings. The summed E-state index contributed by atoms with van der Waals surface area (Å²) in [5.74, 6) is 1.68. The lowest BCUT2D eigenvalue weighted by molar-refractivity contribution is 0.352. The van der Waals surface area contributed by atoms with Crippen LogP contribution in [0.25, 0.3) is 10.9 Å². The first kappa shape index (κ1) is 19.5. The molecule has 1 aliphatic carbocycles.